The normalized spacial score (nSPS) is 10.4. The molecule has 2 nitrogen and oxygen atoms in total. The SMILES string of the molecule is CCN(CC)[Si](C)(C)C.N.[SiH4]. The lowest BCUT2D eigenvalue weighted by Gasteiger charge is -2.31. The summed E-state index contributed by atoms with van der Waals surface area (Å²) in [7, 11) is -0.953. The molecule has 0 aromatic carbocycles. The number of nitrogens with zero attached hydrogens (tertiary/aromatic N) is 1. The standard InChI is InChI=1S/C7H19NSi.H3N.H4Si/c1-6-8(7-2)9(3,4)5;;/h6-7H2,1-5H3;1H3;1H4. The molecule has 11 heavy (non-hydrogen) atoms. The summed E-state index contributed by atoms with van der Waals surface area (Å²) in [5.41, 5.74) is 0. The van der Waals surface area contributed by atoms with Crippen LogP contribution in [0.2, 0.25) is 19.6 Å². The van der Waals surface area contributed by atoms with E-state index in [0.29, 0.717) is 0 Å². The second kappa shape index (κ2) is 7.03. The van der Waals surface area contributed by atoms with Gasteiger partial charge in [0.25, 0.3) is 0 Å². The third-order valence-electron chi connectivity index (χ3n) is 1.71. The highest BCUT2D eigenvalue weighted by atomic mass is 28.3. The third-order valence-corrected chi connectivity index (χ3v) is 4.24. The smallest absolute Gasteiger partial charge is 0.119 e. The van der Waals surface area contributed by atoms with Crippen molar-refractivity contribution in [1.82, 2.24) is 10.7 Å². The van der Waals surface area contributed by atoms with Crippen LogP contribution in [0.3, 0.4) is 0 Å². The van der Waals surface area contributed by atoms with Gasteiger partial charge in [-0.2, -0.15) is 0 Å². The molecule has 0 heterocycles. The average Bonchev–Trinajstić information content (AvgIpc) is 1.65. The van der Waals surface area contributed by atoms with E-state index in [-0.39, 0.29) is 17.1 Å². The van der Waals surface area contributed by atoms with Crippen molar-refractivity contribution < 1.29 is 0 Å². The molecular weight excluding hydrogens is 168 g/mol. The summed E-state index contributed by atoms with van der Waals surface area (Å²) in [5.74, 6) is 0. The summed E-state index contributed by atoms with van der Waals surface area (Å²) in [6, 6.07) is 0. The highest BCUT2D eigenvalue weighted by molar-refractivity contribution is 6.73. The van der Waals surface area contributed by atoms with Crippen molar-refractivity contribution in [3.8, 4) is 0 Å². The Kier molecular flexibility index (Phi) is 11.1. The van der Waals surface area contributed by atoms with E-state index in [4.69, 9.17) is 0 Å². The summed E-state index contributed by atoms with van der Waals surface area (Å²) < 4.78 is 2.58. The first-order valence-corrected chi connectivity index (χ1v) is 7.22. The Morgan fingerprint density at radius 1 is 1.00 bits per heavy atom. The van der Waals surface area contributed by atoms with Gasteiger partial charge in [0.05, 0.1) is 0 Å². The highest BCUT2D eigenvalue weighted by Crippen LogP contribution is 2.06. The maximum atomic E-state index is 2.58. The Bertz CT molecular complexity index is 77.0. The highest BCUT2D eigenvalue weighted by Gasteiger charge is 2.19. The first-order chi connectivity index (χ1) is 4.02. The monoisotopic (exact) mass is 194 g/mol. The van der Waals surface area contributed by atoms with Gasteiger partial charge in [0.15, 0.2) is 0 Å². The Morgan fingerprint density at radius 2 is 1.27 bits per heavy atom. The summed E-state index contributed by atoms with van der Waals surface area (Å²) in [5, 5.41) is 0. The van der Waals surface area contributed by atoms with Gasteiger partial charge >= 0.3 is 0 Å². The summed E-state index contributed by atoms with van der Waals surface area (Å²) in [6.07, 6.45) is 0. The molecule has 0 bridgehead atoms. The third kappa shape index (κ3) is 6.74. The molecule has 72 valence electrons. The summed E-state index contributed by atoms with van der Waals surface area (Å²) in [6.45, 7) is 14.1. The van der Waals surface area contributed by atoms with E-state index in [9.17, 15) is 0 Å². The van der Waals surface area contributed by atoms with Crippen LogP contribution in [0.1, 0.15) is 13.8 Å². The van der Waals surface area contributed by atoms with Gasteiger partial charge in [-0.3, -0.25) is 0 Å². The van der Waals surface area contributed by atoms with Crippen molar-refractivity contribution in [3.05, 3.63) is 0 Å². The van der Waals surface area contributed by atoms with Crippen LogP contribution in [0, 0.1) is 0 Å². The lowest BCUT2D eigenvalue weighted by atomic mass is 10.7. The molecule has 0 spiro atoms. The van der Waals surface area contributed by atoms with Crippen molar-refractivity contribution >= 4 is 19.2 Å². The maximum absolute atomic E-state index is 2.58. The molecular formula is C7H26N2Si2. The van der Waals surface area contributed by atoms with Gasteiger partial charge in [-0.05, 0) is 24.1 Å². The number of hydrogen-bond acceptors (Lipinski definition) is 2. The van der Waals surface area contributed by atoms with E-state index in [0.717, 1.165) is 0 Å². The minimum Gasteiger partial charge on any atom is -0.344 e. The van der Waals surface area contributed by atoms with E-state index in [1.54, 1.807) is 0 Å². The average molecular weight is 194 g/mol. The molecule has 0 aliphatic rings. The predicted octanol–water partition coefficient (Wildman–Crippen LogP) is 0.873. The molecule has 0 radical (unpaired) electrons. The van der Waals surface area contributed by atoms with E-state index in [1.165, 1.54) is 13.1 Å². The van der Waals surface area contributed by atoms with Crippen LogP contribution in [0.4, 0.5) is 0 Å². The van der Waals surface area contributed by atoms with Crippen LogP contribution >= 0.6 is 0 Å². The van der Waals surface area contributed by atoms with Crippen molar-refractivity contribution in [2.24, 2.45) is 0 Å². The van der Waals surface area contributed by atoms with Crippen LogP contribution in [-0.4, -0.2) is 36.9 Å². The van der Waals surface area contributed by atoms with Gasteiger partial charge in [-0.1, -0.05) is 33.5 Å². The lowest BCUT2D eigenvalue weighted by Crippen LogP contribution is -2.45. The quantitative estimate of drug-likeness (QED) is 0.677. The van der Waals surface area contributed by atoms with Crippen LogP contribution in [-0.2, 0) is 0 Å². The first kappa shape index (κ1) is 17.4. The lowest BCUT2D eigenvalue weighted by molar-refractivity contribution is 0.470. The fourth-order valence-electron chi connectivity index (χ4n) is 1.17. The van der Waals surface area contributed by atoms with Gasteiger partial charge in [-0.25, -0.2) is 0 Å². The Hall–Kier alpha value is 0.354. The largest absolute Gasteiger partial charge is 0.344 e. The van der Waals surface area contributed by atoms with E-state index < -0.39 is 8.24 Å². The van der Waals surface area contributed by atoms with Gasteiger partial charge in [0.1, 0.15) is 8.24 Å². The van der Waals surface area contributed by atoms with Gasteiger partial charge in [-0.15, -0.1) is 0 Å². The van der Waals surface area contributed by atoms with Crippen molar-refractivity contribution in [1.29, 1.82) is 0 Å². The Balaban J connectivity index is -0.000000320. The second-order valence-corrected chi connectivity index (χ2v) is 8.32. The zero-order valence-corrected chi connectivity index (χ0v) is 9.07. The molecule has 0 saturated heterocycles. The number of rotatable bonds is 3. The molecule has 0 unspecified atom stereocenters. The minimum absolute atomic E-state index is 0. The Morgan fingerprint density at radius 3 is 1.27 bits per heavy atom. The van der Waals surface area contributed by atoms with Crippen molar-refractivity contribution in [2.75, 3.05) is 13.1 Å². The molecule has 0 fully saturated rings. The maximum Gasteiger partial charge on any atom is 0.119 e. The van der Waals surface area contributed by atoms with Crippen molar-refractivity contribution in [3.63, 3.8) is 0 Å². The van der Waals surface area contributed by atoms with Gasteiger partial charge in [0.2, 0.25) is 0 Å². The van der Waals surface area contributed by atoms with E-state index in [1.807, 2.05) is 0 Å². The molecule has 4 heteroatoms. The molecule has 0 amide bonds. The predicted molar refractivity (Wildman–Crippen MR) is 62.6 cm³/mol. The van der Waals surface area contributed by atoms with Crippen LogP contribution in [0.15, 0.2) is 0 Å². The molecule has 3 N–H and O–H groups in total. The van der Waals surface area contributed by atoms with Crippen LogP contribution in [0.25, 0.3) is 0 Å². The van der Waals surface area contributed by atoms with Crippen LogP contribution < -0.4 is 6.15 Å². The second-order valence-electron chi connectivity index (χ2n) is 3.34. The van der Waals surface area contributed by atoms with E-state index in [2.05, 4.69) is 38.1 Å². The van der Waals surface area contributed by atoms with Gasteiger partial charge in [0, 0.05) is 0 Å². The first-order valence-electron chi connectivity index (χ1n) is 3.77. The Labute approximate surface area is 77.1 Å². The summed E-state index contributed by atoms with van der Waals surface area (Å²) in [4.78, 5) is 0. The fourth-order valence-corrected chi connectivity index (χ4v) is 3.07. The zero-order valence-electron chi connectivity index (χ0n) is 8.07. The van der Waals surface area contributed by atoms with Crippen LogP contribution in [0.5, 0.6) is 0 Å². The van der Waals surface area contributed by atoms with E-state index >= 15 is 0 Å². The molecule has 0 atom stereocenters. The molecule has 0 aromatic heterocycles. The zero-order chi connectivity index (χ0) is 7.49. The number of hydrogen-bond donors (Lipinski definition) is 1. The van der Waals surface area contributed by atoms with Crippen molar-refractivity contribution in [2.45, 2.75) is 33.5 Å². The fraction of sp³-hybridized carbons (Fsp3) is 1.00. The summed E-state index contributed by atoms with van der Waals surface area (Å²) >= 11 is 0. The molecule has 0 aliphatic carbocycles. The minimum atomic E-state index is -0.953. The molecule has 0 saturated carbocycles. The van der Waals surface area contributed by atoms with Gasteiger partial charge < -0.3 is 10.7 Å². The topological polar surface area (TPSA) is 38.2 Å². The molecule has 0 aromatic rings. The molecule has 0 aliphatic heterocycles. The molecule has 0 rings (SSSR count).